The second-order valence-electron chi connectivity index (χ2n) is 10.6. The van der Waals surface area contributed by atoms with Gasteiger partial charge in [-0.1, -0.05) is 84.9 Å². The topological polar surface area (TPSA) is 70.6 Å². The number of rotatable bonds is 4. The summed E-state index contributed by atoms with van der Waals surface area (Å²) in [4.78, 5) is 9.78. The molecule has 0 bridgehead atoms. The summed E-state index contributed by atoms with van der Waals surface area (Å²) in [5.74, 6) is 0.346. The summed E-state index contributed by atoms with van der Waals surface area (Å²) in [5, 5.41) is 27.6. The van der Waals surface area contributed by atoms with Crippen LogP contribution in [-0.2, 0) is 21.1 Å². The van der Waals surface area contributed by atoms with Crippen molar-refractivity contribution in [3.8, 4) is 28.4 Å². The van der Waals surface area contributed by atoms with E-state index in [-0.39, 0.29) is 32.6 Å². The van der Waals surface area contributed by atoms with Crippen molar-refractivity contribution >= 4 is 55.3 Å². The van der Waals surface area contributed by atoms with Gasteiger partial charge in [-0.3, -0.25) is 4.99 Å². The molecule has 2 heterocycles. The number of para-hydroxylation sites is 2. The zero-order valence-electron chi connectivity index (χ0n) is 23.3. The Balaban J connectivity index is 0.00000312. The number of hydrogen-bond acceptors (Lipinski definition) is 4. The second kappa shape index (κ2) is 11.1. The fourth-order valence-electron chi connectivity index (χ4n) is 6.08. The molecule has 0 saturated carbocycles. The average Bonchev–Trinajstić information content (AvgIpc) is 3.36. The van der Waals surface area contributed by atoms with Crippen LogP contribution in [0.2, 0.25) is 0 Å². The first-order valence-corrected chi connectivity index (χ1v) is 14.1. The molecule has 44 heavy (non-hydrogen) atoms. The Morgan fingerprint density at radius 2 is 1.30 bits per heavy atom. The van der Waals surface area contributed by atoms with Crippen molar-refractivity contribution in [1.82, 2.24) is 9.55 Å². The zero-order valence-corrected chi connectivity index (χ0v) is 25.6. The fourth-order valence-corrected chi connectivity index (χ4v) is 6.08. The Labute approximate surface area is 267 Å². The van der Waals surface area contributed by atoms with Crippen molar-refractivity contribution in [2.75, 3.05) is 0 Å². The predicted molar refractivity (Wildman–Crippen MR) is 176 cm³/mol. The van der Waals surface area contributed by atoms with Crippen LogP contribution in [0, 0.1) is 0 Å². The van der Waals surface area contributed by atoms with E-state index in [1.807, 2.05) is 103 Å². The van der Waals surface area contributed by atoms with Crippen molar-refractivity contribution < 1.29 is 31.3 Å². The maximum atomic E-state index is 11.5. The molecular formula is C38H25N3O2Pt. The zero-order chi connectivity index (χ0) is 28.9. The Kier molecular flexibility index (Phi) is 6.96. The number of aliphatic imine (C=N–C) groups is 1. The molecular weight excluding hydrogens is 726 g/mol. The van der Waals surface area contributed by atoms with Gasteiger partial charge in [0, 0.05) is 53.9 Å². The molecule has 0 unspecified atom stereocenters. The minimum absolute atomic E-state index is 0. The molecule has 0 aliphatic carbocycles. The third-order valence-corrected chi connectivity index (χ3v) is 8.02. The first-order valence-electron chi connectivity index (χ1n) is 14.1. The Morgan fingerprint density at radius 1 is 0.591 bits per heavy atom. The number of phenols is 2. The van der Waals surface area contributed by atoms with Crippen LogP contribution in [0.1, 0.15) is 5.69 Å². The van der Waals surface area contributed by atoms with Gasteiger partial charge in [-0.2, -0.15) is 0 Å². The number of nitrogens with zero attached hydrogens (tertiary/aromatic N) is 3. The standard InChI is InChI=1S/C38H25N3O2.Pt/c42-35-19-9-12-24-11-8-17-32(37(24)35)39-23-26-20-25-10-4-5-15-28(25)38(40-26)31-21-34-30(22-36(31)43)29-16-6-7-18-33(29)41(34)27-13-2-1-3-14-27;/h1-23,42-43H;. The largest absolute Gasteiger partial charge is 0.507 e. The van der Waals surface area contributed by atoms with E-state index in [0.717, 1.165) is 43.7 Å². The van der Waals surface area contributed by atoms with Crippen LogP contribution in [-0.4, -0.2) is 26.0 Å². The van der Waals surface area contributed by atoms with Gasteiger partial charge in [-0.05, 0) is 59.3 Å². The van der Waals surface area contributed by atoms with E-state index in [2.05, 4.69) is 28.8 Å². The van der Waals surface area contributed by atoms with E-state index in [1.165, 1.54) is 0 Å². The smallest absolute Gasteiger partial charge is 0.125 e. The van der Waals surface area contributed by atoms with Crippen LogP contribution in [0.15, 0.2) is 138 Å². The summed E-state index contributed by atoms with van der Waals surface area (Å²) in [6, 6.07) is 43.6. The molecule has 214 valence electrons. The van der Waals surface area contributed by atoms with E-state index in [1.54, 1.807) is 12.3 Å². The molecule has 0 radical (unpaired) electrons. The molecule has 0 aliphatic heterocycles. The van der Waals surface area contributed by atoms with Gasteiger partial charge in [0.2, 0.25) is 0 Å². The van der Waals surface area contributed by atoms with Gasteiger partial charge >= 0.3 is 0 Å². The molecule has 0 amide bonds. The van der Waals surface area contributed by atoms with Crippen LogP contribution in [0.25, 0.3) is 60.3 Å². The maximum absolute atomic E-state index is 11.5. The monoisotopic (exact) mass is 750 g/mol. The molecule has 2 aromatic heterocycles. The fraction of sp³-hybridized carbons (Fsp3) is 0. The second-order valence-corrected chi connectivity index (χ2v) is 10.6. The van der Waals surface area contributed by atoms with Crippen molar-refractivity contribution in [1.29, 1.82) is 0 Å². The molecule has 0 saturated heterocycles. The van der Waals surface area contributed by atoms with Gasteiger partial charge in [0.05, 0.1) is 34.3 Å². The SMILES string of the molecule is Oc1cc2c3ccccc3n(-c3ccccc3)c2cc1-c1nc(C=Nc2cccc3cccc(O)c23)cc2ccccc12.[Pt]. The molecule has 6 aromatic carbocycles. The third kappa shape index (κ3) is 4.54. The minimum Gasteiger partial charge on any atom is -0.507 e. The van der Waals surface area contributed by atoms with Gasteiger partial charge in [0.25, 0.3) is 0 Å². The Bertz CT molecular complexity index is 2370. The summed E-state index contributed by atoms with van der Waals surface area (Å²) in [5.41, 5.74) is 5.70. The molecule has 0 aliphatic rings. The molecule has 0 spiro atoms. The summed E-state index contributed by atoms with van der Waals surface area (Å²) in [7, 11) is 0. The number of pyridine rings is 1. The predicted octanol–water partition coefficient (Wildman–Crippen LogP) is 9.31. The summed E-state index contributed by atoms with van der Waals surface area (Å²) in [6.45, 7) is 0. The van der Waals surface area contributed by atoms with Crippen LogP contribution >= 0.6 is 0 Å². The van der Waals surface area contributed by atoms with Crippen molar-refractivity contribution in [3.63, 3.8) is 0 Å². The average molecular weight is 751 g/mol. The molecule has 2 N–H and O–H groups in total. The first kappa shape index (κ1) is 27.6. The molecule has 0 atom stereocenters. The van der Waals surface area contributed by atoms with Crippen LogP contribution < -0.4 is 0 Å². The van der Waals surface area contributed by atoms with Gasteiger partial charge in [0.15, 0.2) is 0 Å². The molecule has 0 fully saturated rings. The Hall–Kier alpha value is -5.25. The molecule has 5 nitrogen and oxygen atoms in total. The molecule has 8 rings (SSSR count). The van der Waals surface area contributed by atoms with Gasteiger partial charge in [0.1, 0.15) is 11.5 Å². The quantitative estimate of drug-likeness (QED) is 0.176. The maximum Gasteiger partial charge on any atom is 0.125 e. The van der Waals surface area contributed by atoms with E-state index in [0.29, 0.717) is 28.0 Å². The van der Waals surface area contributed by atoms with Crippen molar-refractivity contribution in [2.24, 2.45) is 4.99 Å². The van der Waals surface area contributed by atoms with Gasteiger partial charge in [-0.25, -0.2) is 4.98 Å². The minimum atomic E-state index is 0. The van der Waals surface area contributed by atoms with Gasteiger partial charge < -0.3 is 14.8 Å². The molecule has 8 aromatic rings. The van der Waals surface area contributed by atoms with Crippen molar-refractivity contribution in [3.05, 3.63) is 139 Å². The number of aromatic hydroxyl groups is 2. The van der Waals surface area contributed by atoms with E-state index < -0.39 is 0 Å². The number of fused-ring (bicyclic) bond motifs is 5. The number of hydrogen-bond donors (Lipinski definition) is 2. The van der Waals surface area contributed by atoms with E-state index >= 15 is 0 Å². The summed E-state index contributed by atoms with van der Waals surface area (Å²) >= 11 is 0. The number of phenolic OH excluding ortho intramolecular Hbond substituents is 2. The van der Waals surface area contributed by atoms with E-state index in [9.17, 15) is 10.2 Å². The molecule has 6 heteroatoms. The first-order chi connectivity index (χ1) is 21.2. The van der Waals surface area contributed by atoms with Crippen LogP contribution in [0.3, 0.4) is 0 Å². The van der Waals surface area contributed by atoms with Crippen LogP contribution in [0.5, 0.6) is 11.5 Å². The summed E-state index contributed by atoms with van der Waals surface area (Å²) < 4.78 is 2.23. The Morgan fingerprint density at radius 3 is 2.14 bits per heavy atom. The normalized spacial score (nSPS) is 11.5. The van der Waals surface area contributed by atoms with Crippen molar-refractivity contribution in [2.45, 2.75) is 0 Å². The number of aromatic nitrogens is 2. The third-order valence-electron chi connectivity index (χ3n) is 8.02. The number of benzene rings is 6. The van der Waals surface area contributed by atoms with Gasteiger partial charge in [-0.15, -0.1) is 0 Å². The van der Waals surface area contributed by atoms with Crippen LogP contribution in [0.4, 0.5) is 5.69 Å². The summed E-state index contributed by atoms with van der Waals surface area (Å²) in [6.07, 6.45) is 1.72. The van der Waals surface area contributed by atoms with E-state index in [4.69, 9.17) is 9.98 Å².